The smallest absolute Gasteiger partial charge is 0.261 e. The molecule has 1 saturated heterocycles. The van der Waals surface area contributed by atoms with Crippen molar-refractivity contribution in [2.45, 2.75) is 76.5 Å². The Kier molecular flexibility index (Phi) is 6.86. The number of aliphatic hydroxyl groups excluding tert-OH is 1. The number of aromatic amines is 1. The zero-order valence-electron chi connectivity index (χ0n) is 15.5. The van der Waals surface area contributed by atoms with E-state index in [2.05, 4.69) is 15.2 Å². The standard InChI is InChI=1S/C20H31N3O3/c24-17-9-6-15(7-10-17)21-19(25)18-11-8-16(22-20(18)26)14-23-12-4-2-1-3-5-13-23/h8,11,15,17,24H,1-7,9-10,12-14H2,(H,21,25)(H,22,26). The lowest BCUT2D eigenvalue weighted by Gasteiger charge is -2.26. The maximum atomic E-state index is 12.4. The molecule has 0 spiro atoms. The summed E-state index contributed by atoms with van der Waals surface area (Å²) >= 11 is 0. The van der Waals surface area contributed by atoms with Gasteiger partial charge in [-0.25, -0.2) is 0 Å². The van der Waals surface area contributed by atoms with E-state index in [-0.39, 0.29) is 29.2 Å². The van der Waals surface area contributed by atoms with E-state index in [1.807, 2.05) is 6.07 Å². The summed E-state index contributed by atoms with van der Waals surface area (Å²) in [6, 6.07) is 3.55. The number of likely N-dealkylation sites (tertiary alicyclic amines) is 1. The highest BCUT2D eigenvalue weighted by atomic mass is 16.3. The van der Waals surface area contributed by atoms with E-state index in [9.17, 15) is 14.7 Å². The van der Waals surface area contributed by atoms with Gasteiger partial charge in [-0.1, -0.05) is 19.3 Å². The van der Waals surface area contributed by atoms with Crippen molar-refractivity contribution in [1.82, 2.24) is 15.2 Å². The number of carbonyl (C=O) groups excluding carboxylic acids is 1. The number of rotatable bonds is 4. The number of nitrogens with zero attached hydrogens (tertiary/aromatic N) is 1. The number of amides is 1. The van der Waals surface area contributed by atoms with E-state index < -0.39 is 0 Å². The van der Waals surface area contributed by atoms with Crippen LogP contribution in [0.15, 0.2) is 16.9 Å². The molecular formula is C20H31N3O3. The van der Waals surface area contributed by atoms with Gasteiger partial charge in [0.15, 0.2) is 0 Å². The van der Waals surface area contributed by atoms with E-state index in [0.717, 1.165) is 38.2 Å². The second kappa shape index (κ2) is 9.33. The van der Waals surface area contributed by atoms with Gasteiger partial charge in [0.1, 0.15) is 5.56 Å². The Hall–Kier alpha value is -1.66. The minimum absolute atomic E-state index is 0.0472. The zero-order valence-corrected chi connectivity index (χ0v) is 15.5. The predicted molar refractivity (Wildman–Crippen MR) is 101 cm³/mol. The summed E-state index contributed by atoms with van der Waals surface area (Å²) in [5.74, 6) is -0.314. The molecule has 0 bridgehead atoms. The second-order valence-corrected chi connectivity index (χ2v) is 7.75. The van der Waals surface area contributed by atoms with Gasteiger partial charge in [-0.2, -0.15) is 0 Å². The van der Waals surface area contributed by atoms with Crippen molar-refractivity contribution < 1.29 is 9.90 Å². The van der Waals surface area contributed by atoms with Crippen LogP contribution < -0.4 is 10.9 Å². The van der Waals surface area contributed by atoms with E-state index in [1.165, 1.54) is 32.1 Å². The molecule has 3 N–H and O–H groups in total. The molecule has 0 aromatic carbocycles. The quantitative estimate of drug-likeness (QED) is 0.767. The third kappa shape index (κ3) is 5.42. The molecule has 6 nitrogen and oxygen atoms in total. The molecule has 6 heteroatoms. The number of nitrogens with one attached hydrogen (secondary N) is 2. The molecule has 1 aliphatic heterocycles. The summed E-state index contributed by atoms with van der Waals surface area (Å²) in [7, 11) is 0. The van der Waals surface area contributed by atoms with E-state index >= 15 is 0 Å². The van der Waals surface area contributed by atoms with Crippen LogP contribution in [0.25, 0.3) is 0 Å². The maximum Gasteiger partial charge on any atom is 0.261 e. The summed E-state index contributed by atoms with van der Waals surface area (Å²) < 4.78 is 0. The van der Waals surface area contributed by atoms with Crippen molar-refractivity contribution in [2.75, 3.05) is 13.1 Å². The molecule has 2 fully saturated rings. The SMILES string of the molecule is O=C(NC1CCC(O)CC1)c1ccc(CN2CCCCCCC2)[nH]c1=O. The first-order valence-corrected chi connectivity index (χ1v) is 10.1. The van der Waals surface area contributed by atoms with Crippen molar-refractivity contribution >= 4 is 5.91 Å². The summed E-state index contributed by atoms with van der Waals surface area (Å²) in [4.78, 5) is 30.0. The summed E-state index contributed by atoms with van der Waals surface area (Å²) in [5, 5.41) is 12.5. The molecule has 1 aliphatic carbocycles. The molecule has 0 atom stereocenters. The van der Waals surface area contributed by atoms with Crippen LogP contribution in [0.2, 0.25) is 0 Å². The fourth-order valence-electron chi connectivity index (χ4n) is 3.98. The highest BCUT2D eigenvalue weighted by Gasteiger charge is 2.22. The van der Waals surface area contributed by atoms with Crippen LogP contribution in [0.5, 0.6) is 0 Å². The van der Waals surface area contributed by atoms with Gasteiger partial charge in [-0.3, -0.25) is 14.5 Å². The van der Waals surface area contributed by atoms with Crippen molar-refractivity contribution in [3.8, 4) is 0 Å². The van der Waals surface area contributed by atoms with E-state index in [0.29, 0.717) is 12.8 Å². The monoisotopic (exact) mass is 361 g/mol. The number of pyridine rings is 1. The first-order chi connectivity index (χ1) is 12.6. The Bertz CT molecular complexity index is 642. The molecule has 2 heterocycles. The lowest BCUT2D eigenvalue weighted by molar-refractivity contribution is 0.0866. The van der Waals surface area contributed by atoms with Crippen molar-refractivity contribution in [3.63, 3.8) is 0 Å². The molecule has 1 saturated carbocycles. The van der Waals surface area contributed by atoms with Gasteiger partial charge < -0.3 is 15.4 Å². The van der Waals surface area contributed by atoms with Crippen molar-refractivity contribution in [3.05, 3.63) is 33.7 Å². The largest absolute Gasteiger partial charge is 0.393 e. The van der Waals surface area contributed by atoms with Crippen LogP contribution in [0, 0.1) is 0 Å². The molecule has 2 aliphatic rings. The van der Waals surface area contributed by atoms with Crippen LogP contribution in [0.3, 0.4) is 0 Å². The predicted octanol–water partition coefficient (Wildman–Crippen LogP) is 2.17. The molecule has 26 heavy (non-hydrogen) atoms. The average Bonchev–Trinajstić information content (AvgIpc) is 2.59. The Morgan fingerprint density at radius 3 is 2.38 bits per heavy atom. The lowest BCUT2D eigenvalue weighted by Crippen LogP contribution is -2.40. The van der Waals surface area contributed by atoms with Gasteiger partial charge in [0.2, 0.25) is 0 Å². The molecule has 0 radical (unpaired) electrons. The Morgan fingerprint density at radius 1 is 1.08 bits per heavy atom. The van der Waals surface area contributed by atoms with Gasteiger partial charge in [0.05, 0.1) is 6.10 Å². The van der Waals surface area contributed by atoms with Gasteiger partial charge >= 0.3 is 0 Å². The topological polar surface area (TPSA) is 85.4 Å². The zero-order chi connectivity index (χ0) is 18.4. The Morgan fingerprint density at radius 2 is 1.73 bits per heavy atom. The molecule has 144 valence electrons. The highest BCUT2D eigenvalue weighted by molar-refractivity contribution is 5.94. The minimum atomic E-state index is -0.317. The van der Waals surface area contributed by atoms with Crippen LogP contribution >= 0.6 is 0 Å². The maximum absolute atomic E-state index is 12.4. The molecule has 1 aromatic heterocycles. The molecule has 0 unspecified atom stereocenters. The third-order valence-electron chi connectivity index (χ3n) is 5.59. The number of H-pyrrole nitrogens is 1. The number of aliphatic hydroxyl groups is 1. The highest BCUT2D eigenvalue weighted by Crippen LogP contribution is 2.18. The number of hydrogen-bond donors (Lipinski definition) is 3. The van der Waals surface area contributed by atoms with Crippen LogP contribution in [-0.2, 0) is 6.54 Å². The number of hydrogen-bond acceptors (Lipinski definition) is 4. The minimum Gasteiger partial charge on any atom is -0.393 e. The summed E-state index contributed by atoms with van der Waals surface area (Å²) in [5.41, 5.74) is 0.725. The van der Waals surface area contributed by atoms with Crippen LogP contribution in [0.1, 0.15) is 73.8 Å². The lowest BCUT2D eigenvalue weighted by atomic mass is 9.93. The first-order valence-electron chi connectivity index (χ1n) is 10.1. The molecular weight excluding hydrogens is 330 g/mol. The Balaban J connectivity index is 1.58. The third-order valence-corrected chi connectivity index (χ3v) is 5.59. The molecule has 3 rings (SSSR count). The van der Waals surface area contributed by atoms with Gasteiger partial charge in [0, 0.05) is 18.3 Å². The fraction of sp³-hybridized carbons (Fsp3) is 0.700. The molecule has 1 amide bonds. The average molecular weight is 361 g/mol. The summed E-state index contributed by atoms with van der Waals surface area (Å²) in [6.07, 6.45) is 8.99. The van der Waals surface area contributed by atoms with Crippen LogP contribution in [0.4, 0.5) is 0 Å². The normalized spacial score (nSPS) is 25.3. The fourth-order valence-corrected chi connectivity index (χ4v) is 3.98. The number of carbonyl (C=O) groups is 1. The summed E-state index contributed by atoms with van der Waals surface area (Å²) in [6.45, 7) is 2.87. The van der Waals surface area contributed by atoms with E-state index in [4.69, 9.17) is 0 Å². The van der Waals surface area contributed by atoms with Gasteiger partial charge in [0.25, 0.3) is 11.5 Å². The van der Waals surface area contributed by atoms with Gasteiger partial charge in [-0.15, -0.1) is 0 Å². The number of aromatic nitrogens is 1. The Labute approximate surface area is 155 Å². The second-order valence-electron chi connectivity index (χ2n) is 7.75. The van der Waals surface area contributed by atoms with E-state index in [1.54, 1.807) is 6.07 Å². The first kappa shape index (κ1) is 19.1. The molecule has 1 aromatic rings. The van der Waals surface area contributed by atoms with Gasteiger partial charge in [-0.05, 0) is 63.7 Å². The van der Waals surface area contributed by atoms with Crippen molar-refractivity contribution in [2.24, 2.45) is 0 Å². The van der Waals surface area contributed by atoms with Crippen LogP contribution in [-0.4, -0.2) is 46.1 Å². The van der Waals surface area contributed by atoms with Crippen molar-refractivity contribution in [1.29, 1.82) is 0 Å².